The van der Waals surface area contributed by atoms with Gasteiger partial charge in [0, 0.05) is 12.1 Å². The number of methoxy groups -OCH3 is 1. The molecule has 1 atom stereocenters. The van der Waals surface area contributed by atoms with Crippen LogP contribution in [0.25, 0.3) is 5.76 Å². The Morgan fingerprint density at radius 1 is 0.946 bits per heavy atom. The lowest BCUT2D eigenvalue weighted by Gasteiger charge is -2.27. The van der Waals surface area contributed by atoms with E-state index >= 15 is 0 Å². The summed E-state index contributed by atoms with van der Waals surface area (Å²) in [4.78, 5) is 40.1. The smallest absolute Gasteiger partial charge is 0.337 e. The average Bonchev–Trinajstić information content (AvgIpc) is 3.17. The highest BCUT2D eigenvalue weighted by Crippen LogP contribution is 2.41. The summed E-state index contributed by atoms with van der Waals surface area (Å²) in [5, 5.41) is 11.5. The third-order valence-corrected chi connectivity index (χ3v) is 7.37. The molecule has 6 nitrogen and oxygen atoms in total. The van der Waals surface area contributed by atoms with Crippen LogP contribution in [0, 0.1) is 6.92 Å². The number of aliphatic hydroxyl groups is 1. The summed E-state index contributed by atoms with van der Waals surface area (Å²) >= 11 is 0. The van der Waals surface area contributed by atoms with Crippen LogP contribution in [0.15, 0.2) is 72.3 Å². The van der Waals surface area contributed by atoms with E-state index in [0.29, 0.717) is 11.1 Å². The van der Waals surface area contributed by atoms with Gasteiger partial charge in [0.05, 0.1) is 24.3 Å². The number of ketones is 1. The number of aliphatic hydroxyl groups excluding tert-OH is 1. The van der Waals surface area contributed by atoms with Crippen LogP contribution in [0.2, 0.25) is 0 Å². The highest BCUT2D eigenvalue weighted by atomic mass is 16.5. The molecule has 0 saturated carbocycles. The van der Waals surface area contributed by atoms with Crippen molar-refractivity contribution in [2.45, 2.75) is 45.2 Å². The molecule has 0 radical (unpaired) electrons. The third kappa shape index (κ3) is 4.55. The van der Waals surface area contributed by atoms with Gasteiger partial charge >= 0.3 is 5.97 Å². The number of likely N-dealkylation sites (tertiary alicyclic amines) is 1. The van der Waals surface area contributed by atoms with Gasteiger partial charge in [-0.1, -0.05) is 48.5 Å². The molecule has 1 saturated heterocycles. The molecule has 1 heterocycles. The zero-order valence-electron chi connectivity index (χ0n) is 21.0. The number of hydrogen-bond donors (Lipinski definition) is 1. The molecule has 1 unspecified atom stereocenters. The van der Waals surface area contributed by atoms with Crippen LogP contribution in [0.5, 0.6) is 0 Å². The van der Waals surface area contributed by atoms with E-state index in [1.165, 1.54) is 23.1 Å². The van der Waals surface area contributed by atoms with Crippen molar-refractivity contribution in [1.82, 2.24) is 4.90 Å². The molecule has 0 aromatic heterocycles. The van der Waals surface area contributed by atoms with Crippen LogP contribution in [0.3, 0.4) is 0 Å². The minimum atomic E-state index is -0.738. The Balaban J connectivity index is 1.59. The topological polar surface area (TPSA) is 83.9 Å². The second-order valence-electron chi connectivity index (χ2n) is 9.66. The van der Waals surface area contributed by atoms with Gasteiger partial charge in [0.25, 0.3) is 11.7 Å². The summed E-state index contributed by atoms with van der Waals surface area (Å²) in [5.74, 6) is -1.96. The number of carbonyl (C=O) groups excluding carboxylic acids is 3. The number of esters is 1. The molecule has 37 heavy (non-hydrogen) atoms. The molecule has 5 rings (SSSR count). The monoisotopic (exact) mass is 495 g/mol. The molecule has 1 amide bonds. The molecular formula is C31H29NO5. The fraction of sp³-hybridized carbons (Fsp3) is 0.258. The van der Waals surface area contributed by atoms with Gasteiger partial charge in [0.2, 0.25) is 0 Å². The Hall–Kier alpha value is -4.19. The molecular weight excluding hydrogens is 466 g/mol. The lowest BCUT2D eigenvalue weighted by atomic mass is 9.88. The maximum absolute atomic E-state index is 13.4. The molecule has 2 aliphatic rings. The van der Waals surface area contributed by atoms with Crippen LogP contribution in [-0.2, 0) is 33.7 Å². The fourth-order valence-electron chi connectivity index (χ4n) is 5.36. The Labute approximate surface area is 216 Å². The quantitative estimate of drug-likeness (QED) is 0.225. The molecule has 1 aliphatic heterocycles. The van der Waals surface area contributed by atoms with E-state index in [9.17, 15) is 19.5 Å². The van der Waals surface area contributed by atoms with E-state index < -0.39 is 23.7 Å². The predicted molar refractivity (Wildman–Crippen MR) is 140 cm³/mol. The summed E-state index contributed by atoms with van der Waals surface area (Å²) in [6.07, 6.45) is 4.20. The molecule has 1 aliphatic carbocycles. The molecule has 3 aromatic rings. The molecule has 1 fully saturated rings. The van der Waals surface area contributed by atoms with Crippen LogP contribution < -0.4 is 0 Å². The number of carbonyl (C=O) groups is 3. The average molecular weight is 496 g/mol. The van der Waals surface area contributed by atoms with E-state index in [0.717, 1.165) is 42.4 Å². The first-order valence-electron chi connectivity index (χ1n) is 12.5. The maximum Gasteiger partial charge on any atom is 0.337 e. The van der Waals surface area contributed by atoms with Crippen molar-refractivity contribution in [2.75, 3.05) is 7.11 Å². The Kier molecular flexibility index (Phi) is 6.66. The molecule has 1 N–H and O–H groups in total. The fourth-order valence-corrected chi connectivity index (χ4v) is 5.36. The van der Waals surface area contributed by atoms with Crippen LogP contribution in [0.4, 0.5) is 0 Å². The van der Waals surface area contributed by atoms with Gasteiger partial charge in [-0.15, -0.1) is 0 Å². The van der Waals surface area contributed by atoms with E-state index in [4.69, 9.17) is 4.74 Å². The van der Waals surface area contributed by atoms with E-state index in [2.05, 4.69) is 0 Å². The summed E-state index contributed by atoms with van der Waals surface area (Å²) in [6, 6.07) is 19.4. The maximum atomic E-state index is 13.4. The van der Waals surface area contributed by atoms with Gasteiger partial charge in [-0.3, -0.25) is 9.59 Å². The zero-order chi connectivity index (χ0) is 26.1. The van der Waals surface area contributed by atoms with E-state index in [-0.39, 0.29) is 17.9 Å². The van der Waals surface area contributed by atoms with Crippen LogP contribution in [0.1, 0.15) is 62.6 Å². The number of benzene rings is 3. The summed E-state index contributed by atoms with van der Waals surface area (Å²) in [6.45, 7) is 2.07. The van der Waals surface area contributed by atoms with Crippen LogP contribution in [-0.4, -0.2) is 34.8 Å². The van der Waals surface area contributed by atoms with Crippen molar-refractivity contribution in [3.05, 3.63) is 111 Å². The van der Waals surface area contributed by atoms with Gasteiger partial charge in [-0.25, -0.2) is 4.79 Å². The van der Waals surface area contributed by atoms with Crippen molar-refractivity contribution in [2.24, 2.45) is 0 Å². The van der Waals surface area contributed by atoms with E-state index in [1.807, 2.05) is 49.4 Å². The number of Topliss-reactive ketones (excluding diaryl/α,β-unsaturated/α-hetero) is 1. The van der Waals surface area contributed by atoms with Crippen molar-refractivity contribution >= 4 is 23.4 Å². The number of nitrogens with zero attached hydrogens (tertiary/aromatic N) is 1. The molecule has 3 aromatic carbocycles. The summed E-state index contributed by atoms with van der Waals surface area (Å²) in [5.41, 5.74) is 5.96. The largest absolute Gasteiger partial charge is 0.507 e. The minimum Gasteiger partial charge on any atom is -0.507 e. The second-order valence-corrected chi connectivity index (χ2v) is 9.66. The Morgan fingerprint density at radius 3 is 2.32 bits per heavy atom. The molecule has 0 bridgehead atoms. The minimum absolute atomic E-state index is 0.0984. The summed E-state index contributed by atoms with van der Waals surface area (Å²) in [7, 11) is 1.32. The van der Waals surface area contributed by atoms with Gasteiger partial charge in [0.15, 0.2) is 0 Å². The Morgan fingerprint density at radius 2 is 1.62 bits per heavy atom. The highest BCUT2D eigenvalue weighted by molar-refractivity contribution is 6.46. The van der Waals surface area contributed by atoms with Gasteiger partial charge in [0.1, 0.15) is 5.76 Å². The zero-order valence-corrected chi connectivity index (χ0v) is 21.0. The first-order chi connectivity index (χ1) is 17.9. The van der Waals surface area contributed by atoms with Gasteiger partial charge in [-0.05, 0) is 78.6 Å². The first kappa shape index (κ1) is 24.5. The van der Waals surface area contributed by atoms with Crippen molar-refractivity contribution in [1.29, 1.82) is 0 Å². The van der Waals surface area contributed by atoms with Gasteiger partial charge in [-0.2, -0.15) is 0 Å². The molecule has 188 valence electrons. The number of amides is 1. The number of rotatable bonds is 5. The number of ether oxygens (including phenoxy) is 1. The number of aryl methyl sites for hydroxylation is 3. The molecule has 6 heteroatoms. The summed E-state index contributed by atoms with van der Waals surface area (Å²) < 4.78 is 4.76. The van der Waals surface area contributed by atoms with Crippen molar-refractivity contribution in [3.63, 3.8) is 0 Å². The van der Waals surface area contributed by atoms with Crippen molar-refractivity contribution < 1.29 is 24.2 Å². The number of fused-ring (bicyclic) bond motifs is 1. The normalized spacial score (nSPS) is 18.5. The van der Waals surface area contributed by atoms with Crippen molar-refractivity contribution in [3.8, 4) is 0 Å². The standard InChI is InChI=1S/C31H29NO5/c1-19-7-3-6-10-25(19)27-26(28(33)24-16-15-21-8-4-5-9-23(21)17-24)29(34)30(35)32(27)18-20-11-13-22(14-12-20)31(36)37-2/h3,6-7,10-17,27,33H,4-5,8-9,18H2,1-2H3/b28-26+. The third-order valence-electron chi connectivity index (χ3n) is 7.37. The Bertz CT molecular complexity index is 1420. The van der Waals surface area contributed by atoms with E-state index in [1.54, 1.807) is 24.3 Å². The number of hydrogen-bond acceptors (Lipinski definition) is 5. The first-order valence-corrected chi connectivity index (χ1v) is 12.5. The lowest BCUT2D eigenvalue weighted by Crippen LogP contribution is -2.29. The predicted octanol–water partition coefficient (Wildman–Crippen LogP) is 5.28. The SMILES string of the molecule is COC(=O)c1ccc(CN2C(=O)C(=O)/C(=C(/O)c3ccc4c(c3)CCCC4)C2c2ccccc2C)cc1. The highest BCUT2D eigenvalue weighted by Gasteiger charge is 2.46. The molecule has 0 spiro atoms. The second kappa shape index (κ2) is 10.1. The van der Waals surface area contributed by atoms with Crippen LogP contribution >= 0.6 is 0 Å². The lowest BCUT2D eigenvalue weighted by molar-refractivity contribution is -0.140. The van der Waals surface area contributed by atoms with Gasteiger partial charge < -0.3 is 14.7 Å².